The van der Waals surface area contributed by atoms with Crippen molar-refractivity contribution < 1.29 is 4.79 Å². The van der Waals surface area contributed by atoms with Crippen LogP contribution < -0.4 is 15.8 Å². The highest BCUT2D eigenvalue weighted by Gasteiger charge is 2.18. The Morgan fingerprint density at radius 2 is 2.04 bits per heavy atom. The molecule has 1 aliphatic heterocycles. The topological polar surface area (TPSA) is 80.1 Å². The summed E-state index contributed by atoms with van der Waals surface area (Å²) < 4.78 is 1.92. The van der Waals surface area contributed by atoms with Crippen LogP contribution in [0.1, 0.15) is 51.4 Å². The van der Waals surface area contributed by atoms with Gasteiger partial charge in [0, 0.05) is 19.6 Å². The number of hydrogen-bond acceptors (Lipinski definition) is 6. The average Bonchev–Trinajstić information content (AvgIpc) is 3.17. The molecule has 0 aromatic carbocycles. The highest BCUT2D eigenvalue weighted by atomic mass is 32.1. The van der Waals surface area contributed by atoms with Gasteiger partial charge in [-0.1, -0.05) is 23.0 Å². The van der Waals surface area contributed by atoms with Gasteiger partial charge in [0.2, 0.25) is 5.91 Å². The number of aromatic nitrogens is 3. The zero-order valence-corrected chi connectivity index (χ0v) is 17.0. The molecule has 1 N–H and O–H groups in total. The number of hydrogen-bond donors (Lipinski definition) is 1. The third-order valence-electron chi connectivity index (χ3n) is 5.47. The fraction of sp³-hybridized carbons (Fsp3) is 0.600. The fourth-order valence-corrected chi connectivity index (χ4v) is 4.89. The maximum Gasteiger partial charge on any atom is 0.273 e. The molecule has 2 aliphatic rings. The van der Waals surface area contributed by atoms with Crippen molar-refractivity contribution in [2.45, 2.75) is 57.9 Å². The number of amides is 1. The average molecular weight is 402 g/mol. The van der Waals surface area contributed by atoms with Gasteiger partial charge in [0.1, 0.15) is 17.6 Å². The molecule has 2 aromatic heterocycles. The van der Waals surface area contributed by atoms with E-state index in [4.69, 9.17) is 0 Å². The summed E-state index contributed by atoms with van der Waals surface area (Å²) in [5.74, 6) is -0.152. The van der Waals surface area contributed by atoms with Gasteiger partial charge in [-0.2, -0.15) is 4.98 Å². The van der Waals surface area contributed by atoms with Crippen LogP contribution in [0.2, 0.25) is 0 Å². The summed E-state index contributed by atoms with van der Waals surface area (Å²) in [6.07, 6.45) is 13.0. The van der Waals surface area contributed by atoms with Gasteiger partial charge in [-0.05, 0) is 51.4 Å². The maximum atomic E-state index is 12.8. The lowest BCUT2D eigenvalue weighted by Crippen LogP contribution is -2.33. The first-order valence-electron chi connectivity index (χ1n) is 10.3. The first-order chi connectivity index (χ1) is 13.7. The molecular formula is C20H27N5O2S. The highest BCUT2D eigenvalue weighted by Crippen LogP contribution is 2.27. The molecular weight excluding hydrogens is 374 g/mol. The van der Waals surface area contributed by atoms with E-state index in [2.05, 4.69) is 26.3 Å². The van der Waals surface area contributed by atoms with Crippen LogP contribution in [0.25, 0.3) is 10.3 Å². The van der Waals surface area contributed by atoms with Gasteiger partial charge < -0.3 is 10.2 Å². The number of nitrogens with zero attached hydrogens (tertiary/aromatic N) is 4. The molecule has 0 radical (unpaired) electrons. The molecule has 4 rings (SSSR count). The summed E-state index contributed by atoms with van der Waals surface area (Å²) in [5.41, 5.74) is 1.73. The number of anilines is 1. The monoisotopic (exact) mass is 401 g/mol. The second kappa shape index (κ2) is 8.86. The molecule has 0 bridgehead atoms. The summed E-state index contributed by atoms with van der Waals surface area (Å²) in [6, 6.07) is 0. The van der Waals surface area contributed by atoms with E-state index in [1.165, 1.54) is 47.1 Å². The lowest BCUT2D eigenvalue weighted by molar-refractivity contribution is -0.121. The number of carbonyl (C=O) groups is 1. The van der Waals surface area contributed by atoms with Gasteiger partial charge in [0.05, 0.1) is 0 Å². The van der Waals surface area contributed by atoms with Crippen molar-refractivity contribution in [3.05, 3.63) is 28.3 Å². The summed E-state index contributed by atoms with van der Waals surface area (Å²) in [6.45, 7) is 2.58. The second-order valence-electron chi connectivity index (χ2n) is 7.58. The van der Waals surface area contributed by atoms with Crippen LogP contribution >= 0.6 is 11.3 Å². The molecule has 150 valence electrons. The van der Waals surface area contributed by atoms with E-state index < -0.39 is 0 Å². The molecule has 1 fully saturated rings. The standard InChI is InChI=1S/C20H27N5O2S/c26-16(21-10-9-15-7-3-1-4-8-15)13-25-14-22-18-17(19(25)27)28-20(23-18)24-11-5-2-6-12-24/h7,14H,1-6,8-13H2,(H,21,26). The van der Waals surface area contributed by atoms with Gasteiger partial charge in [-0.15, -0.1) is 0 Å². The van der Waals surface area contributed by atoms with E-state index in [1.54, 1.807) is 0 Å². The summed E-state index contributed by atoms with van der Waals surface area (Å²) in [5, 5.41) is 3.79. The molecule has 1 saturated heterocycles. The van der Waals surface area contributed by atoms with Crippen molar-refractivity contribution in [3.63, 3.8) is 0 Å². The van der Waals surface area contributed by atoms with E-state index in [0.717, 1.165) is 50.3 Å². The van der Waals surface area contributed by atoms with Crippen molar-refractivity contribution in [1.82, 2.24) is 19.9 Å². The Labute approximate surface area is 168 Å². The Kier molecular flexibility index (Phi) is 6.04. The van der Waals surface area contributed by atoms with Crippen molar-refractivity contribution in [2.75, 3.05) is 24.5 Å². The molecule has 28 heavy (non-hydrogen) atoms. The molecule has 0 atom stereocenters. The number of rotatable bonds is 6. The van der Waals surface area contributed by atoms with Gasteiger partial charge in [0.15, 0.2) is 10.8 Å². The second-order valence-corrected chi connectivity index (χ2v) is 8.56. The van der Waals surface area contributed by atoms with Crippen LogP contribution in [0.3, 0.4) is 0 Å². The van der Waals surface area contributed by atoms with E-state index in [9.17, 15) is 9.59 Å². The molecule has 0 spiro atoms. The third-order valence-corrected chi connectivity index (χ3v) is 6.56. The largest absolute Gasteiger partial charge is 0.354 e. The van der Waals surface area contributed by atoms with Gasteiger partial charge in [0.25, 0.3) is 5.56 Å². The number of nitrogens with one attached hydrogen (secondary N) is 1. The highest BCUT2D eigenvalue weighted by molar-refractivity contribution is 7.22. The van der Waals surface area contributed by atoms with E-state index in [0.29, 0.717) is 16.9 Å². The molecule has 2 aromatic rings. The zero-order chi connectivity index (χ0) is 19.3. The molecule has 3 heterocycles. The number of carbonyl (C=O) groups excluding carboxylic acids is 1. The zero-order valence-electron chi connectivity index (χ0n) is 16.2. The minimum Gasteiger partial charge on any atom is -0.354 e. The molecule has 0 saturated carbocycles. The summed E-state index contributed by atoms with van der Waals surface area (Å²) in [4.78, 5) is 36.1. The van der Waals surface area contributed by atoms with E-state index in [1.807, 2.05) is 0 Å². The Morgan fingerprint density at radius 3 is 2.82 bits per heavy atom. The predicted octanol–water partition coefficient (Wildman–Crippen LogP) is 2.85. The normalized spacial score (nSPS) is 17.6. The Hall–Kier alpha value is -2.22. The van der Waals surface area contributed by atoms with Crippen LogP contribution in [0.4, 0.5) is 5.13 Å². The van der Waals surface area contributed by atoms with Gasteiger partial charge in [-0.3, -0.25) is 14.2 Å². The smallest absolute Gasteiger partial charge is 0.273 e. The molecule has 1 amide bonds. The summed E-state index contributed by atoms with van der Waals surface area (Å²) in [7, 11) is 0. The lowest BCUT2D eigenvalue weighted by atomic mass is 9.97. The molecule has 7 nitrogen and oxygen atoms in total. The van der Waals surface area contributed by atoms with Crippen molar-refractivity contribution in [3.8, 4) is 0 Å². The van der Waals surface area contributed by atoms with Crippen molar-refractivity contribution in [1.29, 1.82) is 0 Å². The van der Waals surface area contributed by atoms with Crippen molar-refractivity contribution >= 4 is 32.7 Å². The Balaban J connectivity index is 1.39. The fourth-order valence-electron chi connectivity index (χ4n) is 3.87. The van der Waals surface area contributed by atoms with Crippen molar-refractivity contribution in [2.24, 2.45) is 0 Å². The quantitative estimate of drug-likeness (QED) is 0.753. The minimum absolute atomic E-state index is 0.00221. The van der Waals surface area contributed by atoms with E-state index >= 15 is 0 Å². The number of piperidine rings is 1. The molecule has 1 aliphatic carbocycles. The Morgan fingerprint density at radius 1 is 1.18 bits per heavy atom. The molecule has 0 unspecified atom stereocenters. The minimum atomic E-state index is -0.184. The summed E-state index contributed by atoms with van der Waals surface area (Å²) >= 11 is 1.39. The SMILES string of the molecule is O=C(Cn1cnc2nc(N3CCCCC3)sc2c1=O)NCCC1=CCCCC1. The van der Waals surface area contributed by atoms with Gasteiger partial charge in [-0.25, -0.2) is 4.98 Å². The van der Waals surface area contributed by atoms with Crippen LogP contribution in [0.15, 0.2) is 22.8 Å². The van der Waals surface area contributed by atoms with Crippen LogP contribution in [0, 0.1) is 0 Å². The first kappa shape index (κ1) is 19.1. The van der Waals surface area contributed by atoms with Crippen LogP contribution in [0.5, 0.6) is 0 Å². The van der Waals surface area contributed by atoms with Gasteiger partial charge >= 0.3 is 0 Å². The molecule has 8 heteroatoms. The number of fused-ring (bicyclic) bond motifs is 1. The van der Waals surface area contributed by atoms with Crippen LogP contribution in [-0.4, -0.2) is 40.1 Å². The van der Waals surface area contributed by atoms with Crippen LogP contribution in [-0.2, 0) is 11.3 Å². The maximum absolute atomic E-state index is 12.8. The first-order valence-corrected chi connectivity index (χ1v) is 11.1. The Bertz CT molecular complexity index is 926. The van der Waals surface area contributed by atoms with E-state index in [-0.39, 0.29) is 18.0 Å². The predicted molar refractivity (Wildman–Crippen MR) is 112 cm³/mol. The third kappa shape index (κ3) is 4.43. The number of thiazole rings is 1. The lowest BCUT2D eigenvalue weighted by Gasteiger charge is -2.25. The number of allylic oxidation sites excluding steroid dienone is 1.